The van der Waals surface area contributed by atoms with E-state index in [0.29, 0.717) is 0 Å². The van der Waals surface area contributed by atoms with Gasteiger partial charge in [0.25, 0.3) is 0 Å². The first-order chi connectivity index (χ1) is 9.20. The van der Waals surface area contributed by atoms with E-state index in [-0.39, 0.29) is 0 Å². The monoisotopic (exact) mass is 271 g/mol. The second-order valence-corrected chi connectivity index (χ2v) is 5.90. The summed E-state index contributed by atoms with van der Waals surface area (Å²) in [7, 11) is 2.00. The third-order valence-electron chi connectivity index (χ3n) is 3.22. The molecule has 0 spiro atoms. The van der Waals surface area contributed by atoms with Crippen LogP contribution in [0.4, 0.5) is 0 Å². The molecular weight excluding hydrogens is 250 g/mol. The number of likely N-dealkylation sites (N-methyl/N-ethyl adjacent to an activating group) is 1. The van der Waals surface area contributed by atoms with Crippen molar-refractivity contribution in [3.63, 3.8) is 0 Å². The number of hydrogen-bond donors (Lipinski definition) is 1. The van der Waals surface area contributed by atoms with E-state index in [1.165, 1.54) is 26.5 Å². The smallest absolute Gasteiger partial charge is 0.0151 e. The topological polar surface area (TPSA) is 12.0 Å². The predicted molar refractivity (Wildman–Crippen MR) is 84.1 cm³/mol. The van der Waals surface area contributed by atoms with Crippen molar-refractivity contribution in [3.8, 4) is 0 Å². The Morgan fingerprint density at radius 1 is 0.947 bits per heavy atom. The number of nitrogens with one attached hydrogen (secondary N) is 1. The molecule has 0 unspecified atom stereocenters. The molecule has 2 rings (SSSR count). The number of rotatable bonds is 5. The maximum atomic E-state index is 3.19. The second-order valence-electron chi connectivity index (χ2n) is 4.82. The second kappa shape index (κ2) is 6.78. The van der Waals surface area contributed by atoms with Gasteiger partial charge in [-0.1, -0.05) is 42.1 Å². The third-order valence-corrected chi connectivity index (χ3v) is 4.57. The molecule has 1 nitrogen and oxygen atoms in total. The molecule has 0 saturated heterocycles. The maximum absolute atomic E-state index is 3.19. The average Bonchev–Trinajstić information content (AvgIpc) is 2.41. The maximum Gasteiger partial charge on any atom is 0.0151 e. The summed E-state index contributed by atoms with van der Waals surface area (Å²) in [6, 6.07) is 15.3. The predicted octanol–water partition coefficient (Wildman–Crippen LogP) is 4.22. The Balaban J connectivity index is 2.15. The van der Waals surface area contributed by atoms with E-state index in [1.54, 1.807) is 0 Å². The van der Waals surface area contributed by atoms with E-state index >= 15 is 0 Å². The van der Waals surface area contributed by atoms with Gasteiger partial charge in [0.05, 0.1) is 0 Å². The van der Waals surface area contributed by atoms with Gasteiger partial charge in [0, 0.05) is 9.79 Å². The minimum atomic E-state index is 1.03. The van der Waals surface area contributed by atoms with Crippen molar-refractivity contribution in [2.24, 2.45) is 0 Å². The third kappa shape index (κ3) is 3.85. The van der Waals surface area contributed by atoms with Crippen LogP contribution in [0.3, 0.4) is 0 Å². The molecular formula is C17H21NS. The minimum Gasteiger partial charge on any atom is -0.319 e. The Hall–Kier alpha value is -1.25. The van der Waals surface area contributed by atoms with E-state index in [2.05, 4.69) is 61.6 Å². The molecule has 0 saturated carbocycles. The summed E-state index contributed by atoms with van der Waals surface area (Å²) in [5.74, 6) is 0. The molecule has 0 heterocycles. The van der Waals surface area contributed by atoms with E-state index in [0.717, 1.165) is 13.0 Å². The molecule has 0 aromatic heterocycles. The Morgan fingerprint density at radius 3 is 2.37 bits per heavy atom. The highest BCUT2D eigenvalue weighted by Gasteiger charge is 2.04. The Labute approximate surface area is 120 Å². The summed E-state index contributed by atoms with van der Waals surface area (Å²) >= 11 is 1.86. The molecule has 0 aliphatic heterocycles. The molecule has 0 amide bonds. The van der Waals surface area contributed by atoms with Crippen LogP contribution in [0.1, 0.15) is 16.7 Å². The van der Waals surface area contributed by atoms with Crippen LogP contribution in [0, 0.1) is 13.8 Å². The lowest BCUT2D eigenvalue weighted by molar-refractivity contribution is 0.790. The van der Waals surface area contributed by atoms with Crippen molar-refractivity contribution in [1.29, 1.82) is 0 Å². The van der Waals surface area contributed by atoms with Gasteiger partial charge in [-0.15, -0.1) is 0 Å². The van der Waals surface area contributed by atoms with Crippen molar-refractivity contribution >= 4 is 11.8 Å². The molecule has 1 N–H and O–H groups in total. The van der Waals surface area contributed by atoms with Gasteiger partial charge in [-0.05, 0) is 62.7 Å². The van der Waals surface area contributed by atoms with E-state index in [4.69, 9.17) is 0 Å². The summed E-state index contributed by atoms with van der Waals surface area (Å²) in [4.78, 5) is 2.69. The zero-order valence-corrected chi connectivity index (χ0v) is 12.7. The van der Waals surface area contributed by atoms with Crippen LogP contribution in [0.25, 0.3) is 0 Å². The van der Waals surface area contributed by atoms with E-state index < -0.39 is 0 Å². The fourth-order valence-corrected chi connectivity index (χ4v) is 3.01. The lowest BCUT2D eigenvalue weighted by Crippen LogP contribution is -2.10. The first-order valence-electron chi connectivity index (χ1n) is 6.68. The summed E-state index contributed by atoms with van der Waals surface area (Å²) in [6.07, 6.45) is 1.09. The van der Waals surface area contributed by atoms with Crippen LogP contribution in [-0.2, 0) is 6.42 Å². The molecule has 0 bridgehead atoms. The van der Waals surface area contributed by atoms with Crippen LogP contribution in [0.2, 0.25) is 0 Å². The first-order valence-corrected chi connectivity index (χ1v) is 7.50. The van der Waals surface area contributed by atoms with Crippen molar-refractivity contribution in [2.75, 3.05) is 13.6 Å². The van der Waals surface area contributed by atoms with Crippen LogP contribution in [0.5, 0.6) is 0 Å². The van der Waals surface area contributed by atoms with E-state index in [1.807, 2.05) is 18.8 Å². The molecule has 2 aromatic carbocycles. The molecule has 2 aromatic rings. The zero-order valence-electron chi connectivity index (χ0n) is 11.9. The highest BCUT2D eigenvalue weighted by molar-refractivity contribution is 7.99. The Kier molecular flexibility index (Phi) is 5.06. The summed E-state index contributed by atoms with van der Waals surface area (Å²) in [6.45, 7) is 5.39. The van der Waals surface area contributed by atoms with Crippen LogP contribution in [0.15, 0.2) is 52.3 Å². The van der Waals surface area contributed by atoms with Gasteiger partial charge in [-0.25, -0.2) is 0 Å². The Bertz CT molecular complexity index is 549. The molecule has 0 fully saturated rings. The lowest BCUT2D eigenvalue weighted by Gasteiger charge is -2.10. The highest BCUT2D eigenvalue weighted by Crippen LogP contribution is 2.32. The first kappa shape index (κ1) is 14.2. The van der Waals surface area contributed by atoms with Crippen LogP contribution >= 0.6 is 11.8 Å². The number of benzene rings is 2. The van der Waals surface area contributed by atoms with Gasteiger partial charge >= 0.3 is 0 Å². The van der Waals surface area contributed by atoms with E-state index in [9.17, 15) is 0 Å². The standard InChI is InChI=1S/C17H21NS/c1-13-6-4-5-7-16(13)19-17-9-8-15(10-11-18-3)12-14(17)2/h4-9,12,18H,10-11H2,1-3H3. The molecule has 0 atom stereocenters. The van der Waals surface area contributed by atoms with Gasteiger partial charge in [0.1, 0.15) is 0 Å². The van der Waals surface area contributed by atoms with Crippen LogP contribution < -0.4 is 5.32 Å². The van der Waals surface area contributed by atoms with Crippen molar-refractivity contribution < 1.29 is 0 Å². The lowest BCUT2D eigenvalue weighted by atomic mass is 10.1. The van der Waals surface area contributed by atoms with Gasteiger partial charge < -0.3 is 5.32 Å². The summed E-state index contributed by atoms with van der Waals surface area (Å²) in [5, 5.41) is 3.19. The van der Waals surface area contributed by atoms with Gasteiger partial charge in [-0.3, -0.25) is 0 Å². The van der Waals surface area contributed by atoms with Gasteiger partial charge in [-0.2, -0.15) is 0 Å². The number of hydrogen-bond acceptors (Lipinski definition) is 2. The molecule has 0 aliphatic rings. The fourth-order valence-electron chi connectivity index (χ4n) is 2.04. The van der Waals surface area contributed by atoms with Crippen molar-refractivity contribution in [3.05, 3.63) is 59.2 Å². The number of aryl methyl sites for hydroxylation is 2. The molecule has 100 valence electrons. The average molecular weight is 271 g/mol. The summed E-state index contributed by atoms with van der Waals surface area (Å²) in [5.41, 5.74) is 4.11. The zero-order chi connectivity index (χ0) is 13.7. The van der Waals surface area contributed by atoms with Crippen molar-refractivity contribution in [2.45, 2.75) is 30.1 Å². The molecule has 0 aliphatic carbocycles. The molecule has 0 radical (unpaired) electrons. The SMILES string of the molecule is CNCCc1ccc(Sc2ccccc2C)c(C)c1. The largest absolute Gasteiger partial charge is 0.319 e. The molecule has 2 heteroatoms. The van der Waals surface area contributed by atoms with Gasteiger partial charge in [0.2, 0.25) is 0 Å². The quantitative estimate of drug-likeness (QED) is 0.874. The minimum absolute atomic E-state index is 1.03. The van der Waals surface area contributed by atoms with Crippen LogP contribution in [-0.4, -0.2) is 13.6 Å². The van der Waals surface area contributed by atoms with Gasteiger partial charge in [0.15, 0.2) is 0 Å². The normalized spacial score (nSPS) is 10.7. The Morgan fingerprint density at radius 2 is 1.68 bits per heavy atom. The molecule has 19 heavy (non-hydrogen) atoms. The van der Waals surface area contributed by atoms with Crippen molar-refractivity contribution in [1.82, 2.24) is 5.32 Å². The fraction of sp³-hybridized carbons (Fsp3) is 0.294. The summed E-state index contributed by atoms with van der Waals surface area (Å²) < 4.78 is 0. The highest BCUT2D eigenvalue weighted by atomic mass is 32.2.